The molecule has 0 spiro atoms. The lowest BCUT2D eigenvalue weighted by molar-refractivity contribution is -0.201. The molecule has 4 nitrogen and oxygen atoms in total. The predicted octanol–water partition coefficient (Wildman–Crippen LogP) is 3.31. The van der Waals surface area contributed by atoms with Crippen LogP contribution in [-0.4, -0.2) is 29.6 Å². The van der Waals surface area contributed by atoms with Crippen molar-refractivity contribution in [3.8, 4) is 0 Å². The smallest absolute Gasteiger partial charge is 0.306 e. The zero-order chi connectivity index (χ0) is 14.2. The van der Waals surface area contributed by atoms with Crippen LogP contribution in [0.1, 0.15) is 77.0 Å². The van der Waals surface area contributed by atoms with Gasteiger partial charge in [0.1, 0.15) is 6.10 Å². The van der Waals surface area contributed by atoms with Gasteiger partial charge in [0.05, 0.1) is 6.10 Å². The summed E-state index contributed by atoms with van der Waals surface area (Å²) in [6.45, 7) is 0. The number of hydrogen-bond donors (Lipinski definition) is 1. The number of aliphatic hydroxyl groups excluding tert-OH is 1. The number of aliphatic hydroxyl groups is 1. The molecule has 20 heavy (non-hydrogen) atoms. The van der Waals surface area contributed by atoms with E-state index in [-0.39, 0.29) is 18.2 Å². The molecule has 2 aliphatic rings. The number of carbonyl (C=O) groups excluding carboxylic acids is 1. The summed E-state index contributed by atoms with van der Waals surface area (Å²) in [5.74, 6) is -0.113. The number of carbonyl (C=O) groups is 1. The minimum absolute atomic E-state index is 0.0432. The average molecular weight is 284 g/mol. The Labute approximate surface area is 121 Å². The quantitative estimate of drug-likeness (QED) is 0.693. The van der Waals surface area contributed by atoms with Gasteiger partial charge in [-0.25, -0.2) is 0 Å². The average Bonchev–Trinajstić information content (AvgIpc) is 2.39. The number of ether oxygens (including phenoxy) is 2. The van der Waals surface area contributed by atoms with E-state index in [1.165, 1.54) is 32.1 Å². The van der Waals surface area contributed by atoms with E-state index in [0.29, 0.717) is 12.8 Å². The third-order valence-corrected chi connectivity index (χ3v) is 4.29. The van der Waals surface area contributed by atoms with E-state index in [0.717, 1.165) is 32.1 Å². The van der Waals surface area contributed by atoms with Gasteiger partial charge in [-0.15, -0.1) is 0 Å². The van der Waals surface area contributed by atoms with Crippen molar-refractivity contribution in [2.75, 3.05) is 0 Å². The van der Waals surface area contributed by atoms with Crippen LogP contribution in [0.3, 0.4) is 0 Å². The van der Waals surface area contributed by atoms with Gasteiger partial charge in [-0.05, 0) is 12.8 Å². The standard InChI is InChI=1S/C16H28O4/c17-15-10-8-6-4-2-1-3-5-7-9-13-11-14(20-15)12-16(18)19-13/h13-14,16,18H,1-12H2/t13-,14+,16+/m0/s1. The molecule has 0 amide bonds. The molecule has 3 atom stereocenters. The summed E-state index contributed by atoms with van der Waals surface area (Å²) in [7, 11) is 0. The summed E-state index contributed by atoms with van der Waals surface area (Å²) in [4.78, 5) is 11.8. The van der Waals surface area contributed by atoms with Crippen LogP contribution in [0.5, 0.6) is 0 Å². The fourth-order valence-electron chi connectivity index (χ4n) is 3.18. The molecule has 1 N–H and O–H groups in total. The number of esters is 1. The molecule has 116 valence electrons. The zero-order valence-corrected chi connectivity index (χ0v) is 12.4. The van der Waals surface area contributed by atoms with Gasteiger partial charge in [-0.1, -0.05) is 44.9 Å². The molecule has 0 unspecified atom stereocenters. The molecule has 0 aromatic rings. The first-order chi connectivity index (χ1) is 9.74. The van der Waals surface area contributed by atoms with Crippen LogP contribution in [0.15, 0.2) is 0 Å². The molecule has 4 heteroatoms. The summed E-state index contributed by atoms with van der Waals surface area (Å²) >= 11 is 0. The molecule has 0 aromatic heterocycles. The molecule has 2 aliphatic heterocycles. The van der Waals surface area contributed by atoms with E-state index in [2.05, 4.69) is 0 Å². The summed E-state index contributed by atoms with van der Waals surface area (Å²) in [6, 6.07) is 0. The Morgan fingerprint density at radius 2 is 1.50 bits per heavy atom. The Morgan fingerprint density at radius 1 is 0.850 bits per heavy atom. The number of fused-ring (bicyclic) bond motifs is 2. The largest absolute Gasteiger partial charge is 0.462 e. The van der Waals surface area contributed by atoms with E-state index in [1.54, 1.807) is 0 Å². The summed E-state index contributed by atoms with van der Waals surface area (Å²) in [5, 5.41) is 9.74. The fraction of sp³-hybridized carbons (Fsp3) is 0.938. The molecule has 0 saturated carbocycles. The molecular formula is C16H28O4. The van der Waals surface area contributed by atoms with Gasteiger partial charge < -0.3 is 14.6 Å². The lowest BCUT2D eigenvalue weighted by Gasteiger charge is -2.32. The highest BCUT2D eigenvalue weighted by molar-refractivity contribution is 5.69. The fourth-order valence-corrected chi connectivity index (χ4v) is 3.18. The second-order valence-electron chi connectivity index (χ2n) is 6.16. The first kappa shape index (κ1) is 15.8. The van der Waals surface area contributed by atoms with Crippen molar-refractivity contribution in [2.24, 2.45) is 0 Å². The van der Waals surface area contributed by atoms with E-state index in [9.17, 15) is 9.90 Å². The van der Waals surface area contributed by atoms with Crippen molar-refractivity contribution in [1.82, 2.24) is 0 Å². The molecule has 2 saturated heterocycles. The van der Waals surface area contributed by atoms with E-state index >= 15 is 0 Å². The monoisotopic (exact) mass is 284 g/mol. The van der Waals surface area contributed by atoms with E-state index in [4.69, 9.17) is 9.47 Å². The summed E-state index contributed by atoms with van der Waals surface area (Å²) < 4.78 is 11.0. The highest BCUT2D eigenvalue weighted by atomic mass is 16.6. The Bertz CT molecular complexity index is 292. The van der Waals surface area contributed by atoms with Crippen LogP contribution in [0.4, 0.5) is 0 Å². The molecule has 2 rings (SSSR count). The van der Waals surface area contributed by atoms with Gasteiger partial charge in [0.2, 0.25) is 0 Å². The Balaban J connectivity index is 1.85. The van der Waals surface area contributed by atoms with Crippen molar-refractivity contribution >= 4 is 5.97 Å². The van der Waals surface area contributed by atoms with Crippen LogP contribution in [0, 0.1) is 0 Å². The Morgan fingerprint density at radius 3 is 2.25 bits per heavy atom. The second kappa shape index (κ2) is 8.63. The van der Waals surface area contributed by atoms with Gasteiger partial charge in [0.25, 0.3) is 0 Å². The molecule has 2 heterocycles. The maximum Gasteiger partial charge on any atom is 0.306 e. The summed E-state index contributed by atoms with van der Waals surface area (Å²) in [5.41, 5.74) is 0. The maximum atomic E-state index is 11.8. The van der Waals surface area contributed by atoms with Gasteiger partial charge in [-0.3, -0.25) is 4.79 Å². The van der Waals surface area contributed by atoms with Crippen LogP contribution >= 0.6 is 0 Å². The first-order valence-corrected chi connectivity index (χ1v) is 8.27. The Hall–Kier alpha value is -0.610. The van der Waals surface area contributed by atoms with Crippen LogP contribution in [0.25, 0.3) is 0 Å². The summed E-state index contributed by atoms with van der Waals surface area (Å²) in [6.07, 6.45) is 11.2. The predicted molar refractivity (Wildman–Crippen MR) is 76.2 cm³/mol. The van der Waals surface area contributed by atoms with Gasteiger partial charge in [0.15, 0.2) is 6.29 Å². The van der Waals surface area contributed by atoms with Gasteiger partial charge in [0, 0.05) is 19.3 Å². The normalized spacial score (nSPS) is 34.6. The molecule has 2 bridgehead atoms. The van der Waals surface area contributed by atoms with Gasteiger partial charge >= 0.3 is 5.97 Å². The second-order valence-corrected chi connectivity index (χ2v) is 6.16. The third kappa shape index (κ3) is 5.80. The third-order valence-electron chi connectivity index (χ3n) is 4.29. The van der Waals surface area contributed by atoms with Crippen molar-refractivity contribution < 1.29 is 19.4 Å². The topological polar surface area (TPSA) is 55.8 Å². The minimum atomic E-state index is -0.776. The number of hydrogen-bond acceptors (Lipinski definition) is 4. The van der Waals surface area contributed by atoms with Gasteiger partial charge in [-0.2, -0.15) is 0 Å². The van der Waals surface area contributed by atoms with Crippen LogP contribution < -0.4 is 0 Å². The van der Waals surface area contributed by atoms with Crippen molar-refractivity contribution in [2.45, 2.75) is 95.5 Å². The van der Waals surface area contributed by atoms with Crippen molar-refractivity contribution in [1.29, 1.82) is 0 Å². The number of rotatable bonds is 0. The van der Waals surface area contributed by atoms with Crippen LogP contribution in [-0.2, 0) is 14.3 Å². The highest BCUT2D eigenvalue weighted by Gasteiger charge is 2.30. The van der Waals surface area contributed by atoms with Crippen LogP contribution in [0.2, 0.25) is 0 Å². The molecule has 2 fully saturated rings. The zero-order valence-electron chi connectivity index (χ0n) is 12.4. The highest BCUT2D eigenvalue weighted by Crippen LogP contribution is 2.25. The molecule has 0 aromatic carbocycles. The molecule has 0 radical (unpaired) electrons. The molecular weight excluding hydrogens is 256 g/mol. The minimum Gasteiger partial charge on any atom is -0.462 e. The van der Waals surface area contributed by atoms with Crippen molar-refractivity contribution in [3.05, 3.63) is 0 Å². The lowest BCUT2D eigenvalue weighted by Crippen LogP contribution is -2.37. The van der Waals surface area contributed by atoms with E-state index < -0.39 is 6.29 Å². The van der Waals surface area contributed by atoms with Crippen molar-refractivity contribution in [3.63, 3.8) is 0 Å². The SMILES string of the molecule is O=C1CCCCCCCCCC[C@H]2C[C@H](C[C@H](O)O2)O1. The lowest BCUT2D eigenvalue weighted by atomic mass is 9.99. The van der Waals surface area contributed by atoms with E-state index in [1.807, 2.05) is 0 Å². The first-order valence-electron chi connectivity index (χ1n) is 8.27. The molecule has 0 aliphatic carbocycles. The maximum absolute atomic E-state index is 11.8. The Kier molecular flexibility index (Phi) is 6.80.